The molecule has 4 heteroatoms. The monoisotopic (exact) mass is 352 g/mol. The van der Waals surface area contributed by atoms with Gasteiger partial charge < -0.3 is 15.8 Å². The minimum absolute atomic E-state index is 0.0447. The van der Waals surface area contributed by atoms with E-state index in [0.29, 0.717) is 6.54 Å². The Morgan fingerprint density at radius 3 is 2.50 bits per heavy atom. The zero-order chi connectivity index (χ0) is 18.6. The Labute approximate surface area is 155 Å². The molecule has 3 rings (SSSR count). The van der Waals surface area contributed by atoms with Crippen LogP contribution in [-0.4, -0.2) is 19.6 Å². The van der Waals surface area contributed by atoms with Crippen molar-refractivity contribution in [2.45, 2.75) is 43.6 Å². The predicted molar refractivity (Wildman–Crippen MR) is 104 cm³/mol. The second-order valence-electron chi connectivity index (χ2n) is 7.47. The quantitative estimate of drug-likeness (QED) is 0.836. The van der Waals surface area contributed by atoms with Crippen LogP contribution in [0.5, 0.6) is 5.75 Å². The van der Waals surface area contributed by atoms with Crippen LogP contribution in [0.3, 0.4) is 0 Å². The number of hydrogen-bond acceptors (Lipinski definition) is 3. The van der Waals surface area contributed by atoms with Crippen LogP contribution in [0.4, 0.5) is 0 Å². The highest BCUT2D eigenvalue weighted by atomic mass is 16.5. The molecule has 0 saturated heterocycles. The maximum Gasteiger partial charge on any atom is 0.244 e. The smallest absolute Gasteiger partial charge is 0.244 e. The second kappa shape index (κ2) is 7.50. The fourth-order valence-electron chi connectivity index (χ4n) is 3.92. The lowest BCUT2D eigenvalue weighted by molar-refractivity contribution is -0.126. The predicted octanol–water partition coefficient (Wildman–Crippen LogP) is 3.50. The van der Waals surface area contributed by atoms with E-state index in [1.165, 1.54) is 18.4 Å². The van der Waals surface area contributed by atoms with Crippen LogP contribution in [0, 0.1) is 0 Å². The van der Waals surface area contributed by atoms with Gasteiger partial charge in [-0.25, -0.2) is 0 Å². The van der Waals surface area contributed by atoms with Gasteiger partial charge in [-0.05, 0) is 43.0 Å². The zero-order valence-corrected chi connectivity index (χ0v) is 15.6. The fourth-order valence-corrected chi connectivity index (χ4v) is 3.92. The topological polar surface area (TPSA) is 64.3 Å². The van der Waals surface area contributed by atoms with Gasteiger partial charge in [-0.3, -0.25) is 4.79 Å². The Morgan fingerprint density at radius 1 is 1.15 bits per heavy atom. The highest BCUT2D eigenvalue weighted by Crippen LogP contribution is 2.41. The molecule has 0 bridgehead atoms. The lowest BCUT2D eigenvalue weighted by Crippen LogP contribution is -2.52. The Morgan fingerprint density at radius 2 is 1.85 bits per heavy atom. The standard InChI is InChI=1S/C22H28N2O2/c1-21(23,17-9-4-3-5-10-17)20(25)24-16-22(13-6-7-14-22)18-11-8-12-19(15-18)26-2/h3-5,8-12,15H,6-7,13-14,16,23H2,1-2H3,(H,24,25). The van der Waals surface area contributed by atoms with Crippen molar-refractivity contribution in [2.75, 3.05) is 13.7 Å². The molecule has 1 atom stereocenters. The summed E-state index contributed by atoms with van der Waals surface area (Å²) < 4.78 is 5.39. The molecule has 1 fully saturated rings. The Bertz CT molecular complexity index is 750. The number of carbonyl (C=O) groups excluding carboxylic acids is 1. The van der Waals surface area contributed by atoms with E-state index in [1.54, 1.807) is 14.0 Å². The van der Waals surface area contributed by atoms with E-state index < -0.39 is 5.54 Å². The summed E-state index contributed by atoms with van der Waals surface area (Å²) in [5.41, 5.74) is 7.32. The lowest BCUT2D eigenvalue weighted by Gasteiger charge is -2.32. The van der Waals surface area contributed by atoms with Crippen LogP contribution in [0.15, 0.2) is 54.6 Å². The number of ether oxygens (including phenoxy) is 1. The number of hydrogen-bond donors (Lipinski definition) is 2. The molecular weight excluding hydrogens is 324 g/mol. The minimum Gasteiger partial charge on any atom is -0.497 e. The van der Waals surface area contributed by atoms with Crippen molar-refractivity contribution in [1.29, 1.82) is 0 Å². The van der Waals surface area contributed by atoms with E-state index in [2.05, 4.69) is 17.4 Å². The molecule has 138 valence electrons. The molecule has 1 unspecified atom stereocenters. The second-order valence-corrected chi connectivity index (χ2v) is 7.47. The van der Waals surface area contributed by atoms with Crippen LogP contribution in [0.25, 0.3) is 0 Å². The summed E-state index contributed by atoms with van der Waals surface area (Å²) in [6, 6.07) is 17.7. The summed E-state index contributed by atoms with van der Waals surface area (Å²) in [6.07, 6.45) is 4.47. The molecular formula is C22H28N2O2. The lowest BCUT2D eigenvalue weighted by atomic mass is 9.78. The van der Waals surface area contributed by atoms with Crippen molar-refractivity contribution in [1.82, 2.24) is 5.32 Å². The molecule has 1 aliphatic carbocycles. The van der Waals surface area contributed by atoms with Crippen LogP contribution in [0.1, 0.15) is 43.7 Å². The van der Waals surface area contributed by atoms with Crippen molar-refractivity contribution >= 4 is 5.91 Å². The number of nitrogens with one attached hydrogen (secondary N) is 1. The normalized spacial score (nSPS) is 18.1. The first-order chi connectivity index (χ1) is 12.5. The third kappa shape index (κ3) is 3.61. The molecule has 26 heavy (non-hydrogen) atoms. The van der Waals surface area contributed by atoms with Gasteiger partial charge in [-0.15, -0.1) is 0 Å². The Balaban J connectivity index is 1.78. The van der Waals surface area contributed by atoms with Crippen molar-refractivity contribution in [2.24, 2.45) is 5.73 Å². The minimum atomic E-state index is -1.05. The van der Waals surface area contributed by atoms with E-state index in [9.17, 15) is 4.79 Å². The molecule has 4 nitrogen and oxygen atoms in total. The van der Waals surface area contributed by atoms with Gasteiger partial charge in [-0.2, -0.15) is 0 Å². The summed E-state index contributed by atoms with van der Waals surface area (Å²) in [6.45, 7) is 2.36. The van der Waals surface area contributed by atoms with Gasteiger partial charge in [-0.1, -0.05) is 55.3 Å². The number of rotatable bonds is 6. The van der Waals surface area contributed by atoms with Gasteiger partial charge in [0.1, 0.15) is 11.3 Å². The van der Waals surface area contributed by atoms with Gasteiger partial charge in [0.25, 0.3) is 0 Å². The summed E-state index contributed by atoms with van der Waals surface area (Å²) in [5, 5.41) is 3.14. The maximum atomic E-state index is 12.9. The van der Waals surface area contributed by atoms with Crippen LogP contribution < -0.4 is 15.8 Å². The average molecular weight is 352 g/mol. The third-order valence-corrected chi connectivity index (χ3v) is 5.68. The van der Waals surface area contributed by atoms with Crippen molar-refractivity contribution < 1.29 is 9.53 Å². The van der Waals surface area contributed by atoms with Crippen molar-refractivity contribution in [3.05, 3.63) is 65.7 Å². The first-order valence-corrected chi connectivity index (χ1v) is 9.25. The molecule has 3 N–H and O–H groups in total. The van der Waals surface area contributed by atoms with Gasteiger partial charge >= 0.3 is 0 Å². The molecule has 0 aromatic heterocycles. The van der Waals surface area contributed by atoms with E-state index >= 15 is 0 Å². The van der Waals surface area contributed by atoms with Crippen molar-refractivity contribution in [3.63, 3.8) is 0 Å². The summed E-state index contributed by atoms with van der Waals surface area (Å²) >= 11 is 0. The van der Waals surface area contributed by atoms with Gasteiger partial charge in [0.05, 0.1) is 7.11 Å². The Kier molecular flexibility index (Phi) is 5.33. The van der Waals surface area contributed by atoms with E-state index in [-0.39, 0.29) is 11.3 Å². The molecule has 2 aromatic rings. The number of benzene rings is 2. The molecule has 0 heterocycles. The van der Waals surface area contributed by atoms with Crippen LogP contribution >= 0.6 is 0 Å². The average Bonchev–Trinajstić information content (AvgIpc) is 3.17. The molecule has 2 aromatic carbocycles. The van der Waals surface area contributed by atoms with Crippen LogP contribution in [0.2, 0.25) is 0 Å². The van der Waals surface area contributed by atoms with Gasteiger partial charge in [0, 0.05) is 12.0 Å². The first kappa shape index (κ1) is 18.5. The van der Waals surface area contributed by atoms with E-state index in [0.717, 1.165) is 24.2 Å². The third-order valence-electron chi connectivity index (χ3n) is 5.68. The summed E-state index contributed by atoms with van der Waals surface area (Å²) in [7, 11) is 1.68. The largest absolute Gasteiger partial charge is 0.497 e. The molecule has 0 spiro atoms. The van der Waals surface area contributed by atoms with E-state index in [1.807, 2.05) is 42.5 Å². The highest BCUT2D eigenvalue weighted by molar-refractivity contribution is 5.87. The summed E-state index contributed by atoms with van der Waals surface area (Å²) in [5.74, 6) is 0.714. The van der Waals surface area contributed by atoms with E-state index in [4.69, 9.17) is 10.5 Å². The fraction of sp³-hybridized carbons (Fsp3) is 0.409. The summed E-state index contributed by atoms with van der Waals surface area (Å²) in [4.78, 5) is 12.9. The highest BCUT2D eigenvalue weighted by Gasteiger charge is 2.38. The molecule has 0 radical (unpaired) electrons. The van der Waals surface area contributed by atoms with Crippen molar-refractivity contribution in [3.8, 4) is 5.75 Å². The SMILES string of the molecule is COc1cccc(C2(CNC(=O)C(C)(N)c3ccccc3)CCCC2)c1. The first-order valence-electron chi connectivity index (χ1n) is 9.25. The number of carbonyl (C=O) groups is 1. The number of nitrogens with two attached hydrogens (primary N) is 1. The molecule has 1 amide bonds. The van der Waals surface area contributed by atoms with Gasteiger partial charge in [0.2, 0.25) is 5.91 Å². The number of amides is 1. The maximum absolute atomic E-state index is 12.9. The van der Waals surface area contributed by atoms with Crippen LogP contribution in [-0.2, 0) is 15.7 Å². The molecule has 1 saturated carbocycles. The molecule has 0 aliphatic heterocycles. The number of methoxy groups -OCH3 is 1. The van der Waals surface area contributed by atoms with Gasteiger partial charge in [0.15, 0.2) is 0 Å². The Hall–Kier alpha value is -2.33. The molecule has 1 aliphatic rings. The zero-order valence-electron chi connectivity index (χ0n) is 15.6.